The molecule has 0 aliphatic carbocycles. The fraction of sp³-hybridized carbons (Fsp3) is 0.267. The summed E-state index contributed by atoms with van der Waals surface area (Å²) in [4.78, 5) is 13.0. The number of amides is 1. The lowest BCUT2D eigenvalue weighted by atomic mass is 9.94. The van der Waals surface area contributed by atoms with E-state index in [2.05, 4.69) is 5.32 Å². The van der Waals surface area contributed by atoms with Crippen LogP contribution in [0, 0.1) is 5.82 Å². The van der Waals surface area contributed by atoms with Crippen LogP contribution in [0.3, 0.4) is 0 Å². The third-order valence-electron chi connectivity index (χ3n) is 2.93. The van der Waals surface area contributed by atoms with Gasteiger partial charge in [-0.15, -0.1) is 11.3 Å². The van der Waals surface area contributed by atoms with Crippen molar-refractivity contribution in [2.75, 3.05) is 0 Å². The van der Waals surface area contributed by atoms with Gasteiger partial charge < -0.3 is 5.32 Å². The Morgan fingerprint density at radius 1 is 1.26 bits per heavy atom. The van der Waals surface area contributed by atoms with E-state index in [4.69, 9.17) is 0 Å². The smallest absolute Gasteiger partial charge is 0.225 e. The van der Waals surface area contributed by atoms with E-state index in [-0.39, 0.29) is 11.7 Å². The molecule has 0 saturated carbocycles. The summed E-state index contributed by atoms with van der Waals surface area (Å²) >= 11 is 1.56. The molecule has 0 radical (unpaired) electrons. The first-order chi connectivity index (χ1) is 8.97. The summed E-state index contributed by atoms with van der Waals surface area (Å²) in [6, 6.07) is 10.1. The third-order valence-corrected chi connectivity index (χ3v) is 3.81. The number of carbonyl (C=O) groups is 1. The van der Waals surface area contributed by atoms with Gasteiger partial charge in [0.05, 0.1) is 12.0 Å². The number of nitrogens with one attached hydrogen (secondary N) is 1. The van der Waals surface area contributed by atoms with Crippen LogP contribution in [0.1, 0.15) is 24.3 Å². The van der Waals surface area contributed by atoms with Gasteiger partial charge in [-0.2, -0.15) is 0 Å². The van der Waals surface area contributed by atoms with Crippen LogP contribution >= 0.6 is 11.3 Å². The van der Waals surface area contributed by atoms with E-state index in [1.807, 2.05) is 31.4 Å². The zero-order valence-corrected chi connectivity index (χ0v) is 11.8. The molecule has 2 nitrogen and oxygen atoms in total. The molecule has 0 bridgehead atoms. The molecule has 2 aromatic rings. The highest BCUT2D eigenvalue weighted by Gasteiger charge is 2.22. The lowest BCUT2D eigenvalue weighted by Crippen LogP contribution is -2.41. The molecule has 0 fully saturated rings. The van der Waals surface area contributed by atoms with Crippen LogP contribution in [0.25, 0.3) is 0 Å². The summed E-state index contributed by atoms with van der Waals surface area (Å²) in [6.45, 7) is 3.82. The maximum Gasteiger partial charge on any atom is 0.225 e. The fourth-order valence-electron chi connectivity index (χ4n) is 1.90. The van der Waals surface area contributed by atoms with Crippen LogP contribution in [0.4, 0.5) is 4.39 Å². The zero-order chi connectivity index (χ0) is 13.9. The molecule has 0 aliphatic rings. The minimum Gasteiger partial charge on any atom is -0.347 e. The quantitative estimate of drug-likeness (QED) is 0.910. The zero-order valence-electron chi connectivity index (χ0n) is 10.9. The van der Waals surface area contributed by atoms with Crippen LogP contribution in [0.15, 0.2) is 41.8 Å². The Morgan fingerprint density at radius 3 is 2.53 bits per heavy atom. The second-order valence-electron chi connectivity index (χ2n) is 4.94. The standard InChI is InChI=1S/C15H16FNOS/c1-15(2,11-5-7-12(16)8-6-11)17-14(18)10-13-4-3-9-19-13/h3-9H,10H2,1-2H3,(H,17,18). The van der Waals surface area contributed by atoms with Crippen LogP contribution in [0.2, 0.25) is 0 Å². The number of halogens is 1. The Bertz CT molecular complexity index is 546. The van der Waals surface area contributed by atoms with Crippen LogP contribution in [-0.2, 0) is 16.8 Å². The molecule has 4 heteroatoms. The lowest BCUT2D eigenvalue weighted by molar-refractivity contribution is -0.122. The fourth-order valence-corrected chi connectivity index (χ4v) is 2.61. The van der Waals surface area contributed by atoms with E-state index in [0.717, 1.165) is 10.4 Å². The van der Waals surface area contributed by atoms with Crippen molar-refractivity contribution in [2.24, 2.45) is 0 Å². The van der Waals surface area contributed by atoms with Crippen molar-refractivity contribution in [3.05, 3.63) is 58.0 Å². The van der Waals surface area contributed by atoms with Gasteiger partial charge in [0.15, 0.2) is 0 Å². The first-order valence-electron chi connectivity index (χ1n) is 6.07. The molecule has 1 N–H and O–H groups in total. The highest BCUT2D eigenvalue weighted by molar-refractivity contribution is 7.10. The van der Waals surface area contributed by atoms with E-state index in [1.165, 1.54) is 12.1 Å². The van der Waals surface area contributed by atoms with Crippen LogP contribution < -0.4 is 5.32 Å². The van der Waals surface area contributed by atoms with E-state index >= 15 is 0 Å². The number of carbonyl (C=O) groups excluding carboxylic acids is 1. The van der Waals surface area contributed by atoms with Crippen molar-refractivity contribution >= 4 is 17.2 Å². The van der Waals surface area contributed by atoms with Crippen LogP contribution in [0.5, 0.6) is 0 Å². The Balaban J connectivity index is 2.04. The lowest BCUT2D eigenvalue weighted by Gasteiger charge is -2.27. The molecule has 100 valence electrons. The molecule has 0 aliphatic heterocycles. The Hall–Kier alpha value is -1.68. The van der Waals surface area contributed by atoms with Crippen molar-refractivity contribution in [3.8, 4) is 0 Å². The van der Waals surface area contributed by atoms with Gasteiger partial charge in [0, 0.05) is 4.88 Å². The Morgan fingerprint density at radius 2 is 1.95 bits per heavy atom. The molecule has 1 aromatic carbocycles. The van der Waals surface area contributed by atoms with Crippen molar-refractivity contribution in [1.29, 1.82) is 0 Å². The molecule has 0 atom stereocenters. The van der Waals surface area contributed by atoms with Gasteiger partial charge in [0.25, 0.3) is 0 Å². The van der Waals surface area contributed by atoms with Crippen molar-refractivity contribution in [3.63, 3.8) is 0 Å². The summed E-state index contributed by atoms with van der Waals surface area (Å²) in [5.41, 5.74) is 0.371. The van der Waals surface area contributed by atoms with Gasteiger partial charge in [0.2, 0.25) is 5.91 Å². The highest BCUT2D eigenvalue weighted by atomic mass is 32.1. The summed E-state index contributed by atoms with van der Waals surface area (Å²) < 4.78 is 12.9. The number of hydrogen-bond donors (Lipinski definition) is 1. The number of benzene rings is 1. The first-order valence-corrected chi connectivity index (χ1v) is 6.95. The molecule has 0 unspecified atom stereocenters. The molecule has 1 heterocycles. The largest absolute Gasteiger partial charge is 0.347 e. The number of rotatable bonds is 4. The van der Waals surface area contributed by atoms with Crippen molar-refractivity contribution in [2.45, 2.75) is 25.8 Å². The summed E-state index contributed by atoms with van der Waals surface area (Å²) in [6.07, 6.45) is 0.377. The first kappa shape index (κ1) is 13.7. The second kappa shape index (κ2) is 5.53. The average Bonchev–Trinajstić information content (AvgIpc) is 2.81. The predicted octanol–water partition coefficient (Wildman–Crippen LogP) is 3.48. The molecule has 1 amide bonds. The van der Waals surface area contributed by atoms with Gasteiger partial charge in [-0.05, 0) is 43.0 Å². The van der Waals surface area contributed by atoms with Gasteiger partial charge in [-0.25, -0.2) is 4.39 Å². The predicted molar refractivity (Wildman–Crippen MR) is 75.6 cm³/mol. The van der Waals surface area contributed by atoms with Gasteiger partial charge >= 0.3 is 0 Å². The average molecular weight is 277 g/mol. The SMILES string of the molecule is CC(C)(NC(=O)Cc1cccs1)c1ccc(F)cc1. The second-order valence-corrected chi connectivity index (χ2v) is 5.97. The summed E-state index contributed by atoms with van der Waals surface area (Å²) in [7, 11) is 0. The Kier molecular flexibility index (Phi) is 4.00. The Labute approximate surface area is 116 Å². The summed E-state index contributed by atoms with van der Waals surface area (Å²) in [5, 5.41) is 4.93. The monoisotopic (exact) mass is 277 g/mol. The minimum absolute atomic E-state index is 0.0308. The molecule has 1 aromatic heterocycles. The van der Waals surface area contributed by atoms with Gasteiger partial charge in [-0.3, -0.25) is 4.79 Å². The topological polar surface area (TPSA) is 29.1 Å². The van der Waals surface area contributed by atoms with Gasteiger partial charge in [-0.1, -0.05) is 18.2 Å². The van der Waals surface area contributed by atoms with Gasteiger partial charge in [0.1, 0.15) is 5.82 Å². The van der Waals surface area contributed by atoms with E-state index < -0.39 is 5.54 Å². The number of thiophene rings is 1. The number of hydrogen-bond acceptors (Lipinski definition) is 2. The van der Waals surface area contributed by atoms with Crippen molar-refractivity contribution < 1.29 is 9.18 Å². The summed E-state index contributed by atoms with van der Waals surface area (Å²) in [5.74, 6) is -0.304. The van der Waals surface area contributed by atoms with E-state index in [9.17, 15) is 9.18 Å². The maximum absolute atomic E-state index is 12.9. The van der Waals surface area contributed by atoms with Crippen LogP contribution in [-0.4, -0.2) is 5.91 Å². The molecular weight excluding hydrogens is 261 g/mol. The molecule has 0 saturated heterocycles. The van der Waals surface area contributed by atoms with E-state index in [1.54, 1.807) is 23.5 Å². The normalized spacial score (nSPS) is 11.3. The molecule has 2 rings (SSSR count). The van der Waals surface area contributed by atoms with E-state index in [0.29, 0.717) is 6.42 Å². The highest BCUT2D eigenvalue weighted by Crippen LogP contribution is 2.20. The third kappa shape index (κ3) is 3.64. The van der Waals surface area contributed by atoms with Crippen molar-refractivity contribution in [1.82, 2.24) is 5.32 Å². The minimum atomic E-state index is -0.512. The molecule has 0 spiro atoms. The molecule has 19 heavy (non-hydrogen) atoms. The maximum atomic E-state index is 12.9. The molecular formula is C15H16FNOS.